The van der Waals surface area contributed by atoms with Crippen LogP contribution in [0.15, 0.2) is 225 Å². The van der Waals surface area contributed by atoms with Crippen molar-refractivity contribution in [3.8, 4) is 11.1 Å². The summed E-state index contributed by atoms with van der Waals surface area (Å²) in [7, 11) is 0. The lowest BCUT2D eigenvalue weighted by molar-refractivity contribution is 0.668. The molecule has 0 aliphatic carbocycles. The van der Waals surface area contributed by atoms with Crippen LogP contribution in [0.25, 0.3) is 76.5 Å². The van der Waals surface area contributed by atoms with Crippen molar-refractivity contribution in [1.82, 2.24) is 0 Å². The second-order valence-electron chi connectivity index (χ2n) is 15.6. The van der Waals surface area contributed by atoms with E-state index in [1.807, 2.05) is 36.0 Å². The summed E-state index contributed by atoms with van der Waals surface area (Å²) in [4.78, 5) is 7.13. The average Bonchev–Trinajstić information content (AvgIpc) is 3.90. The average molecular weight is 799 g/mol. The zero-order valence-electron chi connectivity index (χ0n) is 32.7. The molecule has 1 aliphatic rings. The second-order valence-corrected chi connectivity index (χ2v) is 16.7. The third kappa shape index (κ3) is 5.27. The Hall–Kier alpha value is -7.73. The Kier molecular flexibility index (Phi) is 7.50. The molecule has 4 nitrogen and oxygen atoms in total. The molecular weight excluding hydrogens is 765 g/mol. The predicted octanol–water partition coefficient (Wildman–Crippen LogP) is 16.9. The molecule has 0 unspecified atom stereocenters. The van der Waals surface area contributed by atoms with E-state index in [-0.39, 0.29) is 0 Å². The summed E-state index contributed by atoms with van der Waals surface area (Å²) >= 11 is 1.85. The van der Waals surface area contributed by atoms with Crippen LogP contribution in [0.2, 0.25) is 0 Å². The van der Waals surface area contributed by atoms with Crippen molar-refractivity contribution in [1.29, 1.82) is 0 Å². The molecule has 12 aromatic rings. The van der Waals surface area contributed by atoms with Crippen LogP contribution >= 0.6 is 11.8 Å². The number of benzene rings is 10. The molecule has 5 heteroatoms. The van der Waals surface area contributed by atoms with Crippen molar-refractivity contribution in [3.63, 3.8) is 0 Å². The summed E-state index contributed by atoms with van der Waals surface area (Å²) < 4.78 is 13.2. The standard InChI is InChI=1S/C56H34N2O2S/c1-3-14-36(15-4-1)57(48-23-11-21-44-40-18-7-9-25-50(40)59-55(44)48)38-29-28-35-32-47-42-31-30-39(34-53(42)61-52-27-13-20-43(54(47)52)46(35)33-38)58(37-16-5-2-6-17-37)49-24-12-22-45-41-19-8-10-26-51(41)60-56(45)49/h1-34H. The molecule has 1 aliphatic heterocycles. The summed E-state index contributed by atoms with van der Waals surface area (Å²) in [6, 6.07) is 73.6. The van der Waals surface area contributed by atoms with E-state index in [9.17, 15) is 0 Å². The molecule has 10 aromatic carbocycles. The van der Waals surface area contributed by atoms with Crippen molar-refractivity contribution in [2.75, 3.05) is 9.80 Å². The number of anilines is 6. The van der Waals surface area contributed by atoms with Gasteiger partial charge in [-0.3, -0.25) is 0 Å². The molecule has 286 valence electrons. The van der Waals surface area contributed by atoms with E-state index >= 15 is 0 Å². The van der Waals surface area contributed by atoms with Crippen LogP contribution in [0.4, 0.5) is 34.1 Å². The van der Waals surface area contributed by atoms with E-state index in [0.717, 1.165) is 78.0 Å². The summed E-state index contributed by atoms with van der Waals surface area (Å²) in [5.41, 5.74) is 12.3. The Balaban J connectivity index is 0.967. The van der Waals surface area contributed by atoms with Crippen molar-refractivity contribution in [2.24, 2.45) is 0 Å². The van der Waals surface area contributed by atoms with E-state index in [1.165, 1.54) is 42.5 Å². The van der Waals surface area contributed by atoms with Gasteiger partial charge in [0.2, 0.25) is 0 Å². The molecule has 0 bridgehead atoms. The SMILES string of the molecule is c1ccc(N(c2ccc3c(c2)Sc2cccc4c2c-3cc2ccc(N(c3ccccc3)c3cccc5c3oc3ccccc35)cc24)c2cccc3c2oc2ccccc23)cc1. The first-order valence-electron chi connectivity index (χ1n) is 20.6. The Morgan fingerprint density at radius 2 is 0.852 bits per heavy atom. The normalized spacial score (nSPS) is 12.2. The third-order valence-electron chi connectivity index (χ3n) is 12.2. The molecule has 0 saturated heterocycles. The lowest BCUT2D eigenvalue weighted by atomic mass is 9.92. The second kappa shape index (κ2) is 13.4. The smallest absolute Gasteiger partial charge is 0.159 e. The van der Waals surface area contributed by atoms with Crippen LogP contribution < -0.4 is 9.80 Å². The summed E-state index contributed by atoms with van der Waals surface area (Å²) in [5.74, 6) is 0. The highest BCUT2D eigenvalue weighted by Crippen LogP contribution is 2.53. The molecule has 13 rings (SSSR count). The number of rotatable bonds is 6. The van der Waals surface area contributed by atoms with Crippen molar-refractivity contribution in [3.05, 3.63) is 206 Å². The summed E-state index contributed by atoms with van der Waals surface area (Å²) in [6.45, 7) is 0. The quantitative estimate of drug-likeness (QED) is 0.157. The van der Waals surface area contributed by atoms with E-state index in [1.54, 1.807) is 0 Å². The largest absolute Gasteiger partial charge is 0.454 e. The molecular formula is C56H34N2O2S. The molecule has 0 amide bonds. The van der Waals surface area contributed by atoms with Gasteiger partial charge in [-0.1, -0.05) is 133 Å². The highest BCUT2D eigenvalue weighted by Gasteiger charge is 2.26. The maximum Gasteiger partial charge on any atom is 0.159 e. The number of hydrogen-bond acceptors (Lipinski definition) is 5. The minimum atomic E-state index is 0.872. The van der Waals surface area contributed by atoms with Crippen LogP contribution in [0.5, 0.6) is 0 Å². The van der Waals surface area contributed by atoms with E-state index in [2.05, 4.69) is 192 Å². The first kappa shape index (κ1) is 34.2. The molecule has 61 heavy (non-hydrogen) atoms. The first-order valence-corrected chi connectivity index (χ1v) is 21.4. The Morgan fingerprint density at radius 1 is 0.328 bits per heavy atom. The molecule has 2 aromatic heterocycles. The van der Waals surface area contributed by atoms with Crippen molar-refractivity contribution >= 4 is 111 Å². The molecule has 0 atom stereocenters. The maximum absolute atomic E-state index is 6.60. The van der Waals surface area contributed by atoms with E-state index in [0.29, 0.717) is 0 Å². The Morgan fingerprint density at radius 3 is 1.49 bits per heavy atom. The topological polar surface area (TPSA) is 32.8 Å². The number of fused-ring (bicyclic) bond motifs is 10. The van der Waals surface area contributed by atoms with Crippen molar-refractivity contribution in [2.45, 2.75) is 9.79 Å². The number of hydrogen-bond donors (Lipinski definition) is 0. The molecule has 0 spiro atoms. The first-order chi connectivity index (χ1) is 30.2. The molecule has 3 heterocycles. The van der Waals surface area contributed by atoms with Gasteiger partial charge in [-0.2, -0.15) is 0 Å². The van der Waals surface area contributed by atoms with Gasteiger partial charge in [0, 0.05) is 59.5 Å². The minimum Gasteiger partial charge on any atom is -0.454 e. The van der Waals surface area contributed by atoms with Gasteiger partial charge in [0.05, 0.1) is 11.4 Å². The number of para-hydroxylation sites is 6. The maximum atomic E-state index is 6.60. The number of furan rings is 2. The fourth-order valence-electron chi connectivity index (χ4n) is 9.50. The van der Waals surface area contributed by atoms with Crippen LogP contribution in [-0.4, -0.2) is 0 Å². The molecule has 0 N–H and O–H groups in total. The third-order valence-corrected chi connectivity index (χ3v) is 13.3. The van der Waals surface area contributed by atoms with Crippen LogP contribution in [0.3, 0.4) is 0 Å². The van der Waals surface area contributed by atoms with Gasteiger partial charge >= 0.3 is 0 Å². The van der Waals surface area contributed by atoms with Gasteiger partial charge in [0.1, 0.15) is 11.2 Å². The lowest BCUT2D eigenvalue weighted by Crippen LogP contribution is -2.10. The van der Waals surface area contributed by atoms with E-state index < -0.39 is 0 Å². The van der Waals surface area contributed by atoms with Gasteiger partial charge in [0.15, 0.2) is 11.2 Å². The lowest BCUT2D eigenvalue weighted by Gasteiger charge is -2.28. The molecule has 0 saturated carbocycles. The Labute approximate surface area is 355 Å². The highest BCUT2D eigenvalue weighted by molar-refractivity contribution is 7.99. The van der Waals surface area contributed by atoms with Gasteiger partial charge in [-0.25, -0.2) is 0 Å². The van der Waals surface area contributed by atoms with Gasteiger partial charge in [-0.05, 0) is 112 Å². The molecule has 0 radical (unpaired) electrons. The monoisotopic (exact) mass is 798 g/mol. The van der Waals surface area contributed by atoms with Gasteiger partial charge in [0.25, 0.3) is 0 Å². The zero-order chi connectivity index (χ0) is 40.0. The van der Waals surface area contributed by atoms with Crippen molar-refractivity contribution < 1.29 is 8.83 Å². The zero-order valence-corrected chi connectivity index (χ0v) is 33.6. The van der Waals surface area contributed by atoms with E-state index in [4.69, 9.17) is 8.83 Å². The fourth-order valence-corrected chi connectivity index (χ4v) is 10.7. The summed E-state index contributed by atoms with van der Waals surface area (Å²) in [5, 5.41) is 9.39. The highest BCUT2D eigenvalue weighted by atomic mass is 32.2. The van der Waals surface area contributed by atoms with Crippen LogP contribution in [0, 0.1) is 0 Å². The minimum absolute atomic E-state index is 0.872. The van der Waals surface area contributed by atoms with Crippen LogP contribution in [0.1, 0.15) is 0 Å². The predicted molar refractivity (Wildman–Crippen MR) is 255 cm³/mol. The fraction of sp³-hybridized carbons (Fsp3) is 0. The molecule has 0 fully saturated rings. The Bertz CT molecular complexity index is 3700. The summed E-state index contributed by atoms with van der Waals surface area (Å²) in [6.07, 6.45) is 0. The van der Waals surface area contributed by atoms with Gasteiger partial charge < -0.3 is 18.6 Å². The van der Waals surface area contributed by atoms with Gasteiger partial charge in [-0.15, -0.1) is 0 Å². The number of nitrogens with zero attached hydrogens (tertiary/aromatic N) is 2. The van der Waals surface area contributed by atoms with Crippen LogP contribution in [-0.2, 0) is 0 Å².